The minimum atomic E-state index is -3.88. The van der Waals surface area contributed by atoms with Crippen LogP contribution in [0.2, 0.25) is 0 Å². The van der Waals surface area contributed by atoms with Gasteiger partial charge in [0, 0.05) is 25.1 Å². The van der Waals surface area contributed by atoms with Crippen LogP contribution in [0.5, 0.6) is 11.5 Å². The maximum atomic E-state index is 14.2. The van der Waals surface area contributed by atoms with Crippen LogP contribution < -0.4 is 19.1 Å². The van der Waals surface area contributed by atoms with Crippen molar-refractivity contribution in [3.8, 4) is 11.5 Å². The number of benzene rings is 3. The van der Waals surface area contributed by atoms with Gasteiger partial charge in [0.15, 0.2) is 11.5 Å². The molecule has 1 fully saturated rings. The molecule has 1 aliphatic heterocycles. The topological polar surface area (TPSA) is 105 Å². The average molecular weight is 592 g/mol. The summed E-state index contributed by atoms with van der Waals surface area (Å²) in [7, 11) is -3.88. The lowest BCUT2D eigenvalue weighted by Crippen LogP contribution is -2.54. The Labute approximate surface area is 247 Å². The van der Waals surface area contributed by atoms with Gasteiger partial charge in [0.25, 0.3) is 0 Å². The molecule has 1 N–H and O–H groups in total. The molecule has 222 valence electrons. The largest absolute Gasteiger partial charge is 0.486 e. The van der Waals surface area contributed by atoms with Gasteiger partial charge in [0.05, 0.1) is 11.9 Å². The van der Waals surface area contributed by atoms with E-state index in [9.17, 15) is 18.0 Å². The zero-order valence-corrected chi connectivity index (χ0v) is 24.6. The Bertz CT molecular complexity index is 1480. The molecular formula is C32H37N3O6S. The second-order valence-electron chi connectivity index (χ2n) is 10.8. The first kappa shape index (κ1) is 29.4. The summed E-state index contributed by atoms with van der Waals surface area (Å²) in [5, 5.41) is 3.17. The molecule has 0 radical (unpaired) electrons. The molecule has 0 bridgehead atoms. The van der Waals surface area contributed by atoms with Crippen molar-refractivity contribution in [3.05, 3.63) is 90.0 Å². The zero-order chi connectivity index (χ0) is 29.5. The van der Waals surface area contributed by atoms with Crippen molar-refractivity contribution in [1.82, 2.24) is 10.2 Å². The fourth-order valence-corrected chi connectivity index (χ4v) is 6.34. The first-order chi connectivity index (χ1) is 20.3. The van der Waals surface area contributed by atoms with E-state index >= 15 is 0 Å². The highest BCUT2D eigenvalue weighted by atomic mass is 32.2. The predicted molar refractivity (Wildman–Crippen MR) is 161 cm³/mol. The van der Waals surface area contributed by atoms with Crippen LogP contribution in [0.3, 0.4) is 0 Å². The number of anilines is 1. The van der Waals surface area contributed by atoms with Crippen LogP contribution in [0, 0.1) is 0 Å². The normalized spacial score (nSPS) is 15.5. The molecule has 0 saturated heterocycles. The highest BCUT2D eigenvalue weighted by Gasteiger charge is 2.34. The van der Waals surface area contributed by atoms with Gasteiger partial charge in [-0.05, 0) is 36.1 Å². The summed E-state index contributed by atoms with van der Waals surface area (Å²) >= 11 is 0. The molecule has 10 heteroatoms. The van der Waals surface area contributed by atoms with Crippen LogP contribution in [-0.2, 0) is 32.6 Å². The summed E-state index contributed by atoms with van der Waals surface area (Å²) in [4.78, 5) is 29.6. The van der Waals surface area contributed by atoms with Crippen LogP contribution in [0.15, 0.2) is 78.9 Å². The summed E-state index contributed by atoms with van der Waals surface area (Å²) < 4.78 is 38.4. The standard InChI is InChI=1S/C32H37N3O6S/c1-42(38,39)35(27-16-17-29-30(21-27)41-19-18-40-29)23-31(36)34(22-25-12-6-3-7-13-25)28(20-24-10-4-2-5-11-24)32(37)33-26-14-8-9-15-26/h2-7,10-13,16-17,21,26,28H,8-9,14-15,18-20,22-23H2,1H3,(H,33,37)/t28-/m0/s1. The fraction of sp³-hybridized carbons (Fsp3) is 0.375. The van der Waals surface area contributed by atoms with Crippen molar-refractivity contribution >= 4 is 27.5 Å². The van der Waals surface area contributed by atoms with Crippen molar-refractivity contribution in [2.45, 2.75) is 50.7 Å². The van der Waals surface area contributed by atoms with Gasteiger partial charge in [0.2, 0.25) is 21.8 Å². The first-order valence-corrected chi connectivity index (χ1v) is 16.2. The number of hydrogen-bond acceptors (Lipinski definition) is 6. The average Bonchev–Trinajstić information content (AvgIpc) is 3.51. The molecule has 5 rings (SSSR count). The Morgan fingerprint density at radius 1 is 0.881 bits per heavy atom. The number of nitrogens with zero attached hydrogens (tertiary/aromatic N) is 2. The highest BCUT2D eigenvalue weighted by molar-refractivity contribution is 7.92. The van der Waals surface area contributed by atoms with Gasteiger partial charge in [-0.15, -0.1) is 0 Å². The van der Waals surface area contributed by atoms with Crippen molar-refractivity contribution in [2.75, 3.05) is 30.3 Å². The summed E-state index contributed by atoms with van der Waals surface area (Å²) in [6, 6.07) is 23.0. The molecule has 2 aliphatic rings. The second kappa shape index (κ2) is 13.3. The Kier molecular flexibility index (Phi) is 9.31. The summed E-state index contributed by atoms with van der Waals surface area (Å²) in [5.41, 5.74) is 2.02. The Hall–Kier alpha value is -4.05. The Balaban J connectivity index is 1.49. The monoisotopic (exact) mass is 591 g/mol. The predicted octanol–water partition coefficient (Wildman–Crippen LogP) is 3.92. The number of carbonyl (C=O) groups excluding carboxylic acids is 2. The van der Waals surface area contributed by atoms with E-state index in [1.54, 1.807) is 18.2 Å². The van der Waals surface area contributed by atoms with E-state index in [1.165, 1.54) is 4.90 Å². The second-order valence-corrected chi connectivity index (χ2v) is 12.7. The number of rotatable bonds is 11. The molecule has 1 atom stereocenters. The van der Waals surface area contributed by atoms with E-state index in [0.29, 0.717) is 31.1 Å². The number of hydrogen-bond donors (Lipinski definition) is 1. The van der Waals surface area contributed by atoms with Gasteiger partial charge in [0.1, 0.15) is 25.8 Å². The van der Waals surface area contributed by atoms with E-state index in [0.717, 1.165) is 47.4 Å². The molecule has 1 aliphatic carbocycles. The van der Waals surface area contributed by atoms with Gasteiger partial charge in [-0.1, -0.05) is 73.5 Å². The van der Waals surface area contributed by atoms with Crippen molar-refractivity contribution in [2.24, 2.45) is 0 Å². The van der Waals surface area contributed by atoms with Gasteiger partial charge in [-0.3, -0.25) is 13.9 Å². The lowest BCUT2D eigenvalue weighted by Gasteiger charge is -2.34. The van der Waals surface area contributed by atoms with Crippen molar-refractivity contribution < 1.29 is 27.5 Å². The van der Waals surface area contributed by atoms with Crippen molar-refractivity contribution in [1.29, 1.82) is 0 Å². The molecule has 1 heterocycles. The van der Waals surface area contributed by atoms with Crippen LogP contribution >= 0.6 is 0 Å². The first-order valence-electron chi connectivity index (χ1n) is 14.3. The lowest BCUT2D eigenvalue weighted by atomic mass is 10.0. The van der Waals surface area contributed by atoms with E-state index in [1.807, 2.05) is 60.7 Å². The molecule has 1 saturated carbocycles. The molecule has 0 aromatic heterocycles. The SMILES string of the molecule is CS(=O)(=O)N(CC(=O)N(Cc1ccccc1)[C@@H](Cc1ccccc1)C(=O)NC1CCCC1)c1ccc2c(c1)OCCO2. The lowest BCUT2D eigenvalue weighted by molar-refractivity contribution is -0.140. The maximum absolute atomic E-state index is 14.2. The van der Waals surface area contributed by atoms with Crippen LogP contribution in [-0.4, -0.2) is 63.2 Å². The number of ether oxygens (including phenoxy) is 2. The van der Waals surface area contributed by atoms with E-state index in [2.05, 4.69) is 5.32 Å². The van der Waals surface area contributed by atoms with Crippen LogP contribution in [0.25, 0.3) is 0 Å². The molecule has 3 aromatic rings. The van der Waals surface area contributed by atoms with Gasteiger partial charge < -0.3 is 19.7 Å². The van der Waals surface area contributed by atoms with Crippen molar-refractivity contribution in [3.63, 3.8) is 0 Å². The number of nitrogens with one attached hydrogen (secondary N) is 1. The van der Waals surface area contributed by atoms with E-state index in [4.69, 9.17) is 9.47 Å². The van der Waals surface area contributed by atoms with E-state index in [-0.39, 0.29) is 24.2 Å². The number of amides is 2. The molecule has 0 spiro atoms. The third kappa shape index (κ3) is 7.42. The third-order valence-corrected chi connectivity index (χ3v) is 8.80. The smallest absolute Gasteiger partial charge is 0.244 e. The Morgan fingerprint density at radius 2 is 1.50 bits per heavy atom. The summed E-state index contributed by atoms with van der Waals surface area (Å²) in [6.07, 6.45) is 5.28. The minimum Gasteiger partial charge on any atom is -0.486 e. The van der Waals surface area contributed by atoms with Crippen LogP contribution in [0.4, 0.5) is 5.69 Å². The van der Waals surface area contributed by atoms with Crippen LogP contribution in [0.1, 0.15) is 36.8 Å². The summed E-state index contributed by atoms with van der Waals surface area (Å²) in [5.74, 6) is 0.211. The molecule has 0 unspecified atom stereocenters. The maximum Gasteiger partial charge on any atom is 0.244 e. The van der Waals surface area contributed by atoms with Gasteiger partial charge in [-0.25, -0.2) is 8.42 Å². The van der Waals surface area contributed by atoms with E-state index < -0.39 is 28.5 Å². The summed E-state index contributed by atoms with van der Waals surface area (Å²) in [6.45, 7) is 0.415. The fourth-order valence-electron chi connectivity index (χ4n) is 5.50. The molecule has 3 aromatic carbocycles. The third-order valence-electron chi connectivity index (χ3n) is 7.66. The quantitative estimate of drug-likeness (QED) is 0.363. The molecular weight excluding hydrogens is 554 g/mol. The molecule has 2 amide bonds. The van der Waals surface area contributed by atoms with Gasteiger partial charge >= 0.3 is 0 Å². The molecule has 42 heavy (non-hydrogen) atoms. The number of sulfonamides is 1. The Morgan fingerprint density at radius 3 is 2.14 bits per heavy atom. The van der Waals surface area contributed by atoms with Gasteiger partial charge in [-0.2, -0.15) is 0 Å². The number of fused-ring (bicyclic) bond motifs is 1. The molecule has 9 nitrogen and oxygen atoms in total. The number of carbonyl (C=O) groups is 2. The zero-order valence-electron chi connectivity index (χ0n) is 23.8. The highest BCUT2D eigenvalue weighted by Crippen LogP contribution is 2.35. The minimum absolute atomic E-state index is 0.0645.